The van der Waals surface area contributed by atoms with E-state index < -0.39 is 18.2 Å². The number of hydrogen-bond donors (Lipinski definition) is 3. The molecule has 39 heavy (non-hydrogen) atoms. The molecule has 0 rings (SSSR count). The molecule has 0 heterocycles. The van der Waals surface area contributed by atoms with Crippen molar-refractivity contribution in [2.24, 2.45) is 5.73 Å². The van der Waals surface area contributed by atoms with Gasteiger partial charge in [0, 0.05) is 0 Å². The summed E-state index contributed by atoms with van der Waals surface area (Å²) in [5.74, 6) is 0. The highest BCUT2D eigenvalue weighted by Crippen LogP contribution is 2.14. The van der Waals surface area contributed by atoms with Crippen LogP contribution in [0.15, 0.2) is 36.5 Å². The molecule has 1 unspecified atom stereocenters. The fourth-order valence-electron chi connectivity index (χ4n) is 5.05. The summed E-state index contributed by atoms with van der Waals surface area (Å²) in [5, 5.41) is 20.7. The van der Waals surface area contributed by atoms with Crippen LogP contribution in [0.25, 0.3) is 0 Å². The molecule has 3 atom stereocenters. The molecule has 0 aliphatic rings. The fourth-order valence-corrected chi connectivity index (χ4v) is 5.05. The Hall–Kier alpha value is -0.900. The van der Waals surface area contributed by atoms with Gasteiger partial charge in [0.2, 0.25) is 0 Å². The third-order valence-corrected chi connectivity index (χ3v) is 7.85. The molecule has 0 fully saturated rings. The average Bonchev–Trinajstić information content (AvgIpc) is 2.94. The van der Waals surface area contributed by atoms with Gasteiger partial charge in [-0.15, -0.1) is 0 Å². The van der Waals surface area contributed by atoms with Crippen molar-refractivity contribution in [1.82, 2.24) is 0 Å². The van der Waals surface area contributed by atoms with E-state index in [4.69, 9.17) is 5.73 Å². The molecule has 230 valence electrons. The summed E-state index contributed by atoms with van der Waals surface area (Å²) < 4.78 is 0. The van der Waals surface area contributed by atoms with E-state index in [0.29, 0.717) is 6.42 Å². The number of nitrogens with two attached hydrogens (primary N) is 1. The second-order valence-electron chi connectivity index (χ2n) is 11.8. The molecule has 0 aliphatic carbocycles. The first kappa shape index (κ1) is 38.1. The third kappa shape index (κ3) is 28.4. The summed E-state index contributed by atoms with van der Waals surface area (Å²) in [6, 6.07) is -0.587. The van der Waals surface area contributed by atoms with Gasteiger partial charge >= 0.3 is 0 Å². The molecule has 0 aromatic carbocycles. The lowest BCUT2D eigenvalue weighted by Gasteiger charge is -2.22. The van der Waals surface area contributed by atoms with Crippen LogP contribution >= 0.6 is 0 Å². The second-order valence-corrected chi connectivity index (χ2v) is 11.8. The second kappa shape index (κ2) is 31.6. The first-order chi connectivity index (χ1) is 19.1. The molecular formula is C36H69NO2. The highest BCUT2D eigenvalue weighted by atomic mass is 16.3. The van der Waals surface area contributed by atoms with Crippen LogP contribution in [0, 0.1) is 0 Å². The molecule has 4 N–H and O–H groups in total. The maximum Gasteiger partial charge on any atom is 0.0897 e. The lowest BCUT2D eigenvalue weighted by atomic mass is 9.98. The van der Waals surface area contributed by atoms with E-state index >= 15 is 0 Å². The van der Waals surface area contributed by atoms with Gasteiger partial charge in [-0.05, 0) is 51.4 Å². The summed E-state index contributed by atoms with van der Waals surface area (Å²) in [7, 11) is 0. The average molecular weight is 548 g/mol. The lowest BCUT2D eigenvalue weighted by Crippen LogP contribution is -2.43. The third-order valence-electron chi connectivity index (χ3n) is 7.85. The van der Waals surface area contributed by atoms with Crippen LogP contribution < -0.4 is 5.73 Å². The monoisotopic (exact) mass is 548 g/mol. The van der Waals surface area contributed by atoms with Crippen molar-refractivity contribution in [3.63, 3.8) is 0 Å². The fraction of sp³-hybridized carbons (Fsp3) is 0.833. The van der Waals surface area contributed by atoms with Crippen LogP contribution in [-0.2, 0) is 0 Å². The van der Waals surface area contributed by atoms with Crippen LogP contribution in [0.4, 0.5) is 0 Å². The first-order valence-electron chi connectivity index (χ1n) is 17.2. The maximum atomic E-state index is 10.4. The molecule has 0 saturated heterocycles. The minimum Gasteiger partial charge on any atom is -0.391 e. The number of unbranched alkanes of at least 4 members (excludes halogenated alkanes) is 20. The molecule has 0 spiro atoms. The van der Waals surface area contributed by atoms with Crippen molar-refractivity contribution in [2.45, 2.75) is 193 Å². The number of aliphatic hydroxyl groups excluding tert-OH is 2. The predicted octanol–water partition coefficient (Wildman–Crippen LogP) is 10.5. The molecule has 0 amide bonds. The van der Waals surface area contributed by atoms with Gasteiger partial charge in [0.15, 0.2) is 0 Å². The minimum absolute atomic E-state index is 0.587. The van der Waals surface area contributed by atoms with E-state index in [-0.39, 0.29) is 0 Å². The zero-order valence-corrected chi connectivity index (χ0v) is 26.3. The Morgan fingerprint density at radius 2 is 0.872 bits per heavy atom. The van der Waals surface area contributed by atoms with Crippen LogP contribution in [0.1, 0.15) is 174 Å². The molecule has 3 nitrogen and oxygen atoms in total. The van der Waals surface area contributed by atoms with Crippen LogP contribution in [0.2, 0.25) is 0 Å². The van der Waals surface area contributed by atoms with Crippen LogP contribution in [0.3, 0.4) is 0 Å². The number of allylic oxidation sites excluding steroid dienone is 5. The Kier molecular flexibility index (Phi) is 30.9. The van der Waals surface area contributed by atoms with Crippen molar-refractivity contribution < 1.29 is 10.2 Å². The van der Waals surface area contributed by atoms with Gasteiger partial charge in [-0.2, -0.15) is 0 Å². The number of hydrogen-bond acceptors (Lipinski definition) is 3. The molecule has 0 aromatic rings. The Bertz CT molecular complexity index is 556. The Labute approximate surface area is 244 Å². The summed E-state index contributed by atoms with van der Waals surface area (Å²) in [4.78, 5) is 0. The van der Waals surface area contributed by atoms with Gasteiger partial charge in [0.05, 0.1) is 18.2 Å². The van der Waals surface area contributed by atoms with E-state index in [0.717, 1.165) is 25.7 Å². The highest BCUT2D eigenvalue weighted by molar-refractivity contribution is 4.96. The predicted molar refractivity (Wildman–Crippen MR) is 174 cm³/mol. The van der Waals surface area contributed by atoms with Crippen molar-refractivity contribution >= 4 is 0 Å². The zero-order chi connectivity index (χ0) is 28.7. The van der Waals surface area contributed by atoms with Gasteiger partial charge in [-0.1, -0.05) is 159 Å². The lowest BCUT2D eigenvalue weighted by molar-refractivity contribution is 0.0710. The van der Waals surface area contributed by atoms with E-state index in [1.54, 1.807) is 6.08 Å². The number of rotatable bonds is 30. The smallest absolute Gasteiger partial charge is 0.0897 e. The summed E-state index contributed by atoms with van der Waals surface area (Å²) >= 11 is 0. The first-order valence-corrected chi connectivity index (χ1v) is 17.2. The van der Waals surface area contributed by atoms with E-state index in [1.807, 2.05) is 6.08 Å². The van der Waals surface area contributed by atoms with Gasteiger partial charge in [-0.25, -0.2) is 0 Å². The van der Waals surface area contributed by atoms with Gasteiger partial charge in [0.25, 0.3) is 0 Å². The van der Waals surface area contributed by atoms with Crippen molar-refractivity contribution in [1.29, 1.82) is 0 Å². The topological polar surface area (TPSA) is 66.5 Å². The molecule has 0 aromatic heterocycles. The van der Waals surface area contributed by atoms with Crippen LogP contribution in [-0.4, -0.2) is 28.5 Å². The highest BCUT2D eigenvalue weighted by Gasteiger charge is 2.20. The number of aliphatic hydroxyl groups is 2. The van der Waals surface area contributed by atoms with Crippen molar-refractivity contribution in [2.75, 3.05) is 0 Å². The normalized spacial score (nSPS) is 14.7. The molecule has 0 radical (unpaired) electrons. The Morgan fingerprint density at radius 3 is 1.38 bits per heavy atom. The standard InChI is InChI=1S/C36H69NO2/c1-3-5-7-9-11-13-15-17-18-19-21-23-25-27-29-31-33-35(39)36(37)34(38)32-30-28-26-24-22-20-16-14-12-10-8-6-4-2/h11,13,17-18,30,32,34-36,38-39H,3-10,12,14-16,19-29,31,33,37H2,1-2H3/b13-11-,18-17-,32-30+/t34-,35?,36-/m1/s1. The largest absolute Gasteiger partial charge is 0.391 e. The Morgan fingerprint density at radius 1 is 0.487 bits per heavy atom. The van der Waals surface area contributed by atoms with E-state index in [2.05, 4.69) is 38.2 Å². The van der Waals surface area contributed by atoms with Crippen molar-refractivity contribution in [3.8, 4) is 0 Å². The molecule has 0 saturated carbocycles. The molecular weight excluding hydrogens is 478 g/mol. The molecule has 0 bridgehead atoms. The summed E-state index contributed by atoms with van der Waals surface area (Å²) in [5.41, 5.74) is 6.11. The summed E-state index contributed by atoms with van der Waals surface area (Å²) in [6.07, 6.45) is 42.8. The Balaban J connectivity index is 3.56. The summed E-state index contributed by atoms with van der Waals surface area (Å²) in [6.45, 7) is 4.52. The van der Waals surface area contributed by atoms with Gasteiger partial charge < -0.3 is 15.9 Å². The van der Waals surface area contributed by atoms with E-state index in [9.17, 15) is 10.2 Å². The van der Waals surface area contributed by atoms with Gasteiger partial charge in [-0.3, -0.25) is 0 Å². The zero-order valence-electron chi connectivity index (χ0n) is 26.3. The SMILES string of the molecule is CCCCC/C=C\C/C=C\CCCCCCCCC(O)[C@H](N)[C@H](O)/C=C/CCCCCCCCCCCCC. The molecule has 3 heteroatoms. The van der Waals surface area contributed by atoms with Gasteiger partial charge in [0.1, 0.15) is 0 Å². The van der Waals surface area contributed by atoms with Crippen LogP contribution in [0.5, 0.6) is 0 Å². The minimum atomic E-state index is -0.752. The van der Waals surface area contributed by atoms with Crippen molar-refractivity contribution in [3.05, 3.63) is 36.5 Å². The maximum absolute atomic E-state index is 10.4. The van der Waals surface area contributed by atoms with E-state index in [1.165, 1.54) is 128 Å². The molecule has 0 aliphatic heterocycles. The quantitative estimate of drug-likeness (QED) is 0.0619.